The normalized spacial score (nSPS) is 12.4. The highest BCUT2D eigenvalue weighted by Crippen LogP contribution is 2.47. The van der Waals surface area contributed by atoms with E-state index in [1.54, 1.807) is 93.6 Å². The molecule has 1 aliphatic carbocycles. The second-order valence-electron chi connectivity index (χ2n) is 35.6. The van der Waals surface area contributed by atoms with Crippen LogP contribution in [0.5, 0.6) is 46.1 Å². The quantitative estimate of drug-likeness (QED) is 0.00806. The lowest BCUT2D eigenvalue weighted by Crippen LogP contribution is -2.43. The predicted molar refractivity (Wildman–Crippen MR) is 572 cm³/mol. The van der Waals surface area contributed by atoms with Crippen LogP contribution >= 0.6 is 11.6 Å². The summed E-state index contributed by atoms with van der Waals surface area (Å²) in [5.41, 5.74) is 5.69. The van der Waals surface area contributed by atoms with Gasteiger partial charge in [-0.1, -0.05) is 177 Å². The number of benzene rings is 7. The van der Waals surface area contributed by atoms with Gasteiger partial charge in [0.05, 0.1) is 55.2 Å². The Morgan fingerprint density at radius 2 is 1.05 bits per heavy atom. The van der Waals surface area contributed by atoms with Crippen molar-refractivity contribution in [2.24, 2.45) is 11.3 Å². The monoisotopic (exact) mass is 2080 g/mol. The summed E-state index contributed by atoms with van der Waals surface area (Å²) >= 11 is 6.37. The van der Waals surface area contributed by atoms with E-state index in [0.29, 0.717) is 64.3 Å². The van der Waals surface area contributed by atoms with E-state index in [4.69, 9.17) is 73.9 Å². The van der Waals surface area contributed by atoms with Gasteiger partial charge in [0.25, 0.3) is 35.3 Å². The third-order valence-corrected chi connectivity index (χ3v) is 23.5. The molecular weight excluding hydrogens is 1950 g/mol. The van der Waals surface area contributed by atoms with Crippen molar-refractivity contribution < 1.29 is 104 Å². The van der Waals surface area contributed by atoms with Crippen molar-refractivity contribution in [1.29, 1.82) is 0 Å². The Hall–Kier alpha value is -15.7. The van der Waals surface area contributed by atoms with E-state index in [2.05, 4.69) is 75.0 Å². The number of nitrogens with one attached hydrogen (secondary N) is 7. The zero-order chi connectivity index (χ0) is 110. The van der Waals surface area contributed by atoms with Crippen LogP contribution in [0.3, 0.4) is 0 Å². The number of hydrogen-bond acceptors (Lipinski definition) is 24. The molecule has 7 N–H and O–H groups in total. The molecule has 0 spiro atoms. The van der Waals surface area contributed by atoms with Gasteiger partial charge in [-0.3, -0.25) is 67.2 Å². The van der Waals surface area contributed by atoms with Crippen molar-refractivity contribution in [1.82, 2.24) is 30.4 Å². The molecule has 7 aromatic carbocycles. The molecule has 6 unspecified atom stereocenters. The highest BCUT2D eigenvalue weighted by Gasteiger charge is 2.51. The summed E-state index contributed by atoms with van der Waals surface area (Å²) in [7, 11) is 5.10. The Balaban J connectivity index is 0.000000304. The van der Waals surface area contributed by atoms with Crippen LogP contribution in [0, 0.1) is 58.7 Å². The molecule has 1 aliphatic rings. The fourth-order valence-corrected chi connectivity index (χ4v) is 14.6. The summed E-state index contributed by atoms with van der Waals surface area (Å²) in [4.78, 5) is 159. The lowest BCUT2D eigenvalue weighted by atomic mass is 9.98. The number of ether oxygens (including phenoxy) is 9. The van der Waals surface area contributed by atoms with Crippen molar-refractivity contribution in [3.8, 4) is 46.1 Å². The molecule has 38 heteroatoms. The van der Waals surface area contributed by atoms with Crippen molar-refractivity contribution >= 4 is 115 Å². The SMILES string of the molecule is CCNC(=O)c1ccc(Cl)c(NC(=O)C(Oc2cccc(NC(=O)C(CC)Oc3ccc(C)cc3C)c2)C(=O)c2ccc(OC)c(NS(C)(=O)=O)c2)c1.COc1ccc(OC)c(NC(=O)C(Oc2ccc(C)cc2)C(=O)C2(C)CC2)c1.[C-]#[N+]C(OC(=O)N(C)C)c1cc(NC(=O)C(C)C)ccn1.[C-]#[N+]C(Oc1ccc(C(=O)N(CCCCCCCC)CCCCCCCC)cn1)C(C)=O.[C-]#[N+]C(Oc1ccc(C)cc1)C(=O)NC. The van der Waals surface area contributed by atoms with Crippen molar-refractivity contribution in [3.05, 3.63) is 266 Å². The van der Waals surface area contributed by atoms with Gasteiger partial charge < -0.3 is 84.3 Å². The zero-order valence-electron chi connectivity index (χ0n) is 88.0. The molecule has 1 fully saturated rings. The summed E-state index contributed by atoms with van der Waals surface area (Å²) in [6, 6.07) is 45.8. The van der Waals surface area contributed by atoms with E-state index < -0.39 is 93.8 Å². The number of unbranched alkanes of at least 4 members (excludes halogenated alkanes) is 10. The molecule has 8 amide bonds. The van der Waals surface area contributed by atoms with E-state index in [0.717, 1.165) is 80.1 Å². The van der Waals surface area contributed by atoms with E-state index >= 15 is 0 Å². The van der Waals surface area contributed by atoms with Crippen LogP contribution in [-0.4, -0.2) is 192 Å². The summed E-state index contributed by atoms with van der Waals surface area (Å²) in [6.45, 7) is 45.4. The fraction of sp³-hybridized carbons (Fsp3) is 0.405. The number of ketones is 3. The number of amides is 8. The van der Waals surface area contributed by atoms with Gasteiger partial charge in [-0.2, -0.15) is 0 Å². The van der Waals surface area contributed by atoms with Gasteiger partial charge in [0.2, 0.25) is 39.8 Å². The molecule has 9 aromatic rings. The van der Waals surface area contributed by atoms with Crippen molar-refractivity contribution in [2.75, 3.05) is 94.4 Å². The molecule has 149 heavy (non-hydrogen) atoms. The van der Waals surface area contributed by atoms with Crippen LogP contribution in [0.25, 0.3) is 14.5 Å². The van der Waals surface area contributed by atoms with Gasteiger partial charge in [0.1, 0.15) is 40.2 Å². The number of aromatic nitrogens is 2. The largest absolute Gasteiger partial charge is 0.497 e. The fourth-order valence-electron chi connectivity index (χ4n) is 13.9. The number of halogens is 1. The first-order valence-corrected chi connectivity index (χ1v) is 51.1. The van der Waals surface area contributed by atoms with E-state index in [9.17, 15) is 61.2 Å². The minimum absolute atomic E-state index is 0.0144. The van der Waals surface area contributed by atoms with Gasteiger partial charge in [-0.05, 0) is 181 Å². The van der Waals surface area contributed by atoms with Crippen molar-refractivity contribution in [3.63, 3.8) is 0 Å². The minimum atomic E-state index is -3.79. The Kier molecular flexibility index (Phi) is 51.0. The summed E-state index contributed by atoms with van der Waals surface area (Å²) in [6.07, 6.45) is 12.0. The van der Waals surface area contributed by atoms with Gasteiger partial charge >= 0.3 is 30.7 Å². The first-order valence-electron chi connectivity index (χ1n) is 48.9. The van der Waals surface area contributed by atoms with Crippen LogP contribution in [0.4, 0.5) is 33.2 Å². The molecular formula is C111H137ClN14O22S. The number of hydrogen-bond donors (Lipinski definition) is 7. The summed E-state index contributed by atoms with van der Waals surface area (Å²) < 4.78 is 75.5. The number of rotatable bonds is 49. The molecule has 0 bridgehead atoms. The van der Waals surface area contributed by atoms with Gasteiger partial charge in [-0.25, -0.2) is 42.9 Å². The van der Waals surface area contributed by atoms with Gasteiger partial charge in [-0.15, -0.1) is 0 Å². The maximum absolute atomic E-state index is 14.1. The summed E-state index contributed by atoms with van der Waals surface area (Å²) in [5.74, 6) is -1.61. The number of Topliss-reactive ketones (excluding diaryl/α,β-unsaturated/α-hetero) is 3. The predicted octanol–water partition coefficient (Wildman–Crippen LogP) is 20.0. The number of methoxy groups -OCH3 is 3. The average Bonchev–Trinajstić information content (AvgIpc) is 1.63. The Labute approximate surface area is 878 Å². The smallest absolute Gasteiger partial charge is 0.446 e. The van der Waals surface area contributed by atoms with Gasteiger partial charge in [0.15, 0.2) is 17.6 Å². The Morgan fingerprint density at radius 3 is 1.58 bits per heavy atom. The molecule has 10 rings (SSSR count). The van der Waals surface area contributed by atoms with E-state index in [1.165, 1.54) is 173 Å². The number of carbonyl (C=O) groups excluding carboxylic acids is 11. The van der Waals surface area contributed by atoms with Crippen LogP contribution in [0.15, 0.2) is 182 Å². The second-order valence-corrected chi connectivity index (χ2v) is 37.8. The standard InChI is InChI=1S/C38H41ClN4O9S.C26H41N3O3.C22H25NO5.C14H18N4O3.C11H12N2O2/c1-7-31(52-32-16-12-22(3)18-23(32)4)37(46)41-26-10-9-11-27(21-26)51-35(34(44)24-14-17-33(50-5)30(19-24)43-53(6,48)49)38(47)42-29-20-25(13-15-28(29)39)36(45)40-8-2;1-5-7-9-11-13-15-19-29(20-16-14-12-10-8-6-2)26(31)23-17-18-24(28-21-23)32-25(27-4)22(3)30;1-14-5-7-15(8-6-14)28-19(20(24)22(2)11-12-22)21(25)23-17-13-16(26-3)9-10-18(17)27-4;1-9(2)12(19)17-10-6-7-16-11(8-10)13(15-3)21-14(20)18(4)5;1-8-4-6-9(7-5-8)15-11(13-3)10(14)12-2/h9-21,31,35,43H,7-8H2,1-6H3,(H,40,45)(H,41,46)(H,42,47);17-18,21,25H,5-16,19-20H2,1-3H3;5-10,13,19H,11-12H2,1-4H3,(H,23,25);6-9,13H,1-2,4-5H3,(H,16,17,19);4-7,11H,1-2H3,(H,12,14). The second kappa shape index (κ2) is 62.3. The molecule has 0 aliphatic heterocycles. The van der Waals surface area contributed by atoms with Gasteiger partial charge in [0, 0.05) is 112 Å². The number of carbonyl (C=O) groups is 11. The lowest BCUT2D eigenvalue weighted by molar-refractivity contribution is -0.138. The number of nitrogens with zero attached hydrogens (tertiary/aromatic N) is 7. The number of aryl methyl sites for hydroxylation is 4. The molecule has 0 radical (unpaired) electrons. The maximum atomic E-state index is 14.1. The first kappa shape index (κ1) is 122. The topological polar surface area (TPSA) is 435 Å². The molecule has 36 nitrogen and oxygen atoms in total. The highest BCUT2D eigenvalue weighted by atomic mass is 35.5. The third kappa shape index (κ3) is 41.3. The molecule has 0 saturated heterocycles. The molecule has 1 saturated carbocycles. The molecule has 796 valence electrons. The average molecular weight is 2090 g/mol. The van der Waals surface area contributed by atoms with Crippen LogP contribution < -0.4 is 74.5 Å². The van der Waals surface area contributed by atoms with Crippen LogP contribution in [0.1, 0.15) is 217 Å². The summed E-state index contributed by atoms with van der Waals surface area (Å²) in [5, 5.41) is 16.0. The number of likely N-dealkylation sites (N-methyl/N-ethyl adjacent to an activating group) is 1. The van der Waals surface area contributed by atoms with Crippen LogP contribution in [0.2, 0.25) is 5.02 Å². The number of sulfonamides is 1. The zero-order valence-corrected chi connectivity index (χ0v) is 89.6. The molecule has 2 aromatic heterocycles. The molecule has 6 atom stereocenters. The highest BCUT2D eigenvalue weighted by molar-refractivity contribution is 7.92. The molecule has 2 heterocycles. The number of pyridine rings is 2. The van der Waals surface area contributed by atoms with Crippen LogP contribution in [-0.2, 0) is 48.3 Å². The third-order valence-electron chi connectivity index (χ3n) is 22.6. The number of anilines is 5. The Bertz CT molecular complexity index is 6230. The van der Waals surface area contributed by atoms with Crippen molar-refractivity contribution in [2.45, 2.75) is 216 Å². The lowest BCUT2D eigenvalue weighted by Gasteiger charge is -2.23. The minimum Gasteiger partial charge on any atom is -0.497 e. The Morgan fingerprint density at radius 1 is 0.510 bits per heavy atom. The van der Waals surface area contributed by atoms with E-state index in [1.807, 2.05) is 88.9 Å². The first-order chi connectivity index (χ1) is 71.0. The van der Waals surface area contributed by atoms with E-state index in [-0.39, 0.29) is 79.9 Å². The maximum Gasteiger partial charge on any atom is 0.446 e.